The predicted molar refractivity (Wildman–Crippen MR) is 45.8 cm³/mol. The number of alkyl halides is 3. The lowest BCUT2D eigenvalue weighted by Gasteiger charge is -2.08. The van der Waals surface area contributed by atoms with Gasteiger partial charge in [-0.15, -0.1) is 0 Å². The van der Waals surface area contributed by atoms with Gasteiger partial charge in [-0.1, -0.05) is 22.8 Å². The lowest BCUT2D eigenvalue weighted by atomic mass is 10.1. The average molecular weight is 224 g/mol. The quantitative estimate of drug-likeness (QED) is 0.443. The van der Waals surface area contributed by atoms with Crippen LogP contribution < -0.4 is 0 Å². The van der Waals surface area contributed by atoms with Crippen molar-refractivity contribution in [3.05, 3.63) is 34.3 Å². The molecule has 0 saturated carbocycles. The maximum Gasteiger partial charge on any atom is 0.417 e. The number of halogens is 4. The summed E-state index contributed by atoms with van der Waals surface area (Å²) in [5, 5.41) is 10.4. The lowest BCUT2D eigenvalue weighted by molar-refractivity contribution is -0.137. The summed E-state index contributed by atoms with van der Waals surface area (Å²) in [6.07, 6.45) is -3.47. The Labute approximate surface area is 82.6 Å². The normalized spacial score (nSPS) is 12.3. The number of oxime groups is 1. The minimum Gasteiger partial charge on any atom is -0.411 e. The molecule has 6 heteroatoms. The highest BCUT2D eigenvalue weighted by molar-refractivity contribution is 6.31. The summed E-state index contributed by atoms with van der Waals surface area (Å²) in [4.78, 5) is 0. The number of benzene rings is 1. The maximum atomic E-state index is 12.2. The molecule has 1 aromatic carbocycles. The van der Waals surface area contributed by atoms with Crippen LogP contribution in [0.5, 0.6) is 0 Å². The molecule has 1 rings (SSSR count). The minimum absolute atomic E-state index is 0.297. The van der Waals surface area contributed by atoms with Crippen LogP contribution in [0.2, 0.25) is 5.02 Å². The molecular formula is C8H5ClF3NO. The lowest BCUT2D eigenvalue weighted by Crippen LogP contribution is -2.05. The highest BCUT2D eigenvalue weighted by Crippen LogP contribution is 2.34. The van der Waals surface area contributed by atoms with Gasteiger partial charge in [-0.05, 0) is 17.7 Å². The molecule has 0 amide bonds. The molecule has 0 aliphatic heterocycles. The first kappa shape index (κ1) is 10.8. The van der Waals surface area contributed by atoms with E-state index in [0.29, 0.717) is 5.56 Å². The Bertz CT molecular complexity index is 362. The average Bonchev–Trinajstić information content (AvgIpc) is 2.02. The van der Waals surface area contributed by atoms with Gasteiger partial charge in [0.15, 0.2) is 0 Å². The fourth-order valence-electron chi connectivity index (χ4n) is 0.908. The molecule has 0 atom stereocenters. The molecule has 0 heterocycles. The molecule has 1 aromatic rings. The van der Waals surface area contributed by atoms with Crippen molar-refractivity contribution in [3.63, 3.8) is 0 Å². The Morgan fingerprint density at radius 2 is 2.00 bits per heavy atom. The minimum atomic E-state index is -4.47. The Balaban J connectivity index is 3.14. The monoisotopic (exact) mass is 223 g/mol. The van der Waals surface area contributed by atoms with Gasteiger partial charge < -0.3 is 5.21 Å². The van der Waals surface area contributed by atoms with E-state index in [1.807, 2.05) is 0 Å². The zero-order valence-electron chi connectivity index (χ0n) is 6.72. The van der Waals surface area contributed by atoms with Crippen molar-refractivity contribution in [1.82, 2.24) is 0 Å². The van der Waals surface area contributed by atoms with Crippen LogP contribution in [0.15, 0.2) is 23.4 Å². The maximum absolute atomic E-state index is 12.2. The molecule has 0 aliphatic rings. The summed E-state index contributed by atoms with van der Waals surface area (Å²) >= 11 is 5.39. The van der Waals surface area contributed by atoms with E-state index in [9.17, 15) is 13.2 Å². The van der Waals surface area contributed by atoms with E-state index in [-0.39, 0.29) is 0 Å². The molecule has 14 heavy (non-hydrogen) atoms. The number of nitrogens with zero attached hydrogens (tertiary/aromatic N) is 1. The molecular weight excluding hydrogens is 219 g/mol. The second kappa shape index (κ2) is 3.88. The molecule has 0 radical (unpaired) electrons. The van der Waals surface area contributed by atoms with Gasteiger partial charge in [-0.25, -0.2) is 0 Å². The van der Waals surface area contributed by atoms with Crippen LogP contribution in [0.25, 0.3) is 0 Å². The Kier molecular flexibility index (Phi) is 3.00. The smallest absolute Gasteiger partial charge is 0.411 e. The van der Waals surface area contributed by atoms with E-state index in [1.54, 1.807) is 0 Å². The second-order valence-corrected chi connectivity index (χ2v) is 2.89. The van der Waals surface area contributed by atoms with Crippen LogP contribution in [0.3, 0.4) is 0 Å². The van der Waals surface area contributed by atoms with E-state index in [0.717, 1.165) is 24.4 Å². The van der Waals surface area contributed by atoms with Crippen LogP contribution >= 0.6 is 11.6 Å². The highest BCUT2D eigenvalue weighted by atomic mass is 35.5. The van der Waals surface area contributed by atoms with Crippen molar-refractivity contribution in [2.75, 3.05) is 0 Å². The molecule has 76 valence electrons. The number of rotatable bonds is 1. The molecule has 0 fully saturated rings. The van der Waals surface area contributed by atoms with Gasteiger partial charge in [0.05, 0.1) is 16.8 Å². The van der Waals surface area contributed by atoms with Crippen LogP contribution in [0.1, 0.15) is 11.1 Å². The van der Waals surface area contributed by atoms with Crippen LogP contribution in [0.4, 0.5) is 13.2 Å². The topological polar surface area (TPSA) is 32.6 Å². The number of hydrogen-bond donors (Lipinski definition) is 1. The van der Waals surface area contributed by atoms with Crippen LogP contribution in [-0.2, 0) is 6.18 Å². The third-order valence-electron chi connectivity index (χ3n) is 1.51. The van der Waals surface area contributed by atoms with Crippen molar-refractivity contribution >= 4 is 17.8 Å². The fraction of sp³-hybridized carbons (Fsp3) is 0.125. The highest BCUT2D eigenvalue weighted by Gasteiger charge is 2.32. The van der Waals surface area contributed by atoms with Gasteiger partial charge in [-0.3, -0.25) is 0 Å². The SMILES string of the molecule is ON=Cc1ccc(C(F)(F)F)c(Cl)c1. The predicted octanol–water partition coefficient (Wildman–Crippen LogP) is 3.17. The van der Waals surface area contributed by atoms with Crippen LogP contribution in [0, 0.1) is 0 Å². The summed E-state index contributed by atoms with van der Waals surface area (Å²) in [7, 11) is 0. The summed E-state index contributed by atoms with van der Waals surface area (Å²) in [5.41, 5.74) is -0.611. The fourth-order valence-corrected chi connectivity index (χ4v) is 1.20. The Morgan fingerprint density at radius 1 is 1.36 bits per heavy atom. The second-order valence-electron chi connectivity index (χ2n) is 2.48. The molecule has 0 unspecified atom stereocenters. The standard InChI is InChI=1S/C8H5ClF3NO/c9-7-3-5(4-13-14)1-2-6(7)8(10,11)12/h1-4,14H. The summed E-state index contributed by atoms with van der Waals surface area (Å²) < 4.78 is 36.6. The zero-order valence-corrected chi connectivity index (χ0v) is 7.47. The van der Waals surface area contributed by atoms with E-state index in [4.69, 9.17) is 16.8 Å². The van der Waals surface area contributed by atoms with Gasteiger partial charge >= 0.3 is 6.18 Å². The summed E-state index contributed by atoms with van der Waals surface area (Å²) in [6, 6.07) is 3.07. The molecule has 0 aromatic heterocycles. The van der Waals surface area contributed by atoms with Crippen molar-refractivity contribution in [1.29, 1.82) is 0 Å². The molecule has 2 nitrogen and oxygen atoms in total. The summed E-state index contributed by atoms with van der Waals surface area (Å²) in [5.74, 6) is 0. The van der Waals surface area contributed by atoms with Crippen molar-refractivity contribution < 1.29 is 18.4 Å². The van der Waals surface area contributed by atoms with Gasteiger partial charge in [0.1, 0.15) is 0 Å². The van der Waals surface area contributed by atoms with Gasteiger partial charge in [0.25, 0.3) is 0 Å². The first-order valence-corrected chi connectivity index (χ1v) is 3.87. The van der Waals surface area contributed by atoms with Crippen molar-refractivity contribution in [2.24, 2.45) is 5.16 Å². The summed E-state index contributed by atoms with van der Waals surface area (Å²) in [6.45, 7) is 0. The Hall–Kier alpha value is -1.23. The largest absolute Gasteiger partial charge is 0.417 e. The third-order valence-corrected chi connectivity index (χ3v) is 1.82. The van der Waals surface area contributed by atoms with Crippen molar-refractivity contribution in [2.45, 2.75) is 6.18 Å². The van der Waals surface area contributed by atoms with Gasteiger partial charge in [0, 0.05) is 0 Å². The van der Waals surface area contributed by atoms with E-state index < -0.39 is 16.8 Å². The van der Waals surface area contributed by atoms with Crippen molar-refractivity contribution in [3.8, 4) is 0 Å². The molecule has 0 saturated heterocycles. The first-order chi connectivity index (χ1) is 6.45. The zero-order chi connectivity index (χ0) is 10.8. The first-order valence-electron chi connectivity index (χ1n) is 3.49. The molecule has 1 N–H and O–H groups in total. The number of hydrogen-bond acceptors (Lipinski definition) is 2. The Morgan fingerprint density at radius 3 is 2.43 bits per heavy atom. The molecule has 0 aliphatic carbocycles. The van der Waals surface area contributed by atoms with E-state index in [2.05, 4.69) is 5.16 Å². The van der Waals surface area contributed by atoms with E-state index >= 15 is 0 Å². The third kappa shape index (κ3) is 2.38. The van der Waals surface area contributed by atoms with E-state index in [1.165, 1.54) is 0 Å². The van der Waals surface area contributed by atoms with Gasteiger partial charge in [0.2, 0.25) is 0 Å². The van der Waals surface area contributed by atoms with Gasteiger partial charge in [-0.2, -0.15) is 13.2 Å². The molecule has 0 bridgehead atoms. The van der Waals surface area contributed by atoms with Crippen LogP contribution in [-0.4, -0.2) is 11.4 Å². The molecule has 0 spiro atoms.